The van der Waals surface area contributed by atoms with E-state index in [0.29, 0.717) is 22.6 Å². The van der Waals surface area contributed by atoms with Gasteiger partial charge in [0.2, 0.25) is 5.91 Å². The molecule has 2 unspecified atom stereocenters. The summed E-state index contributed by atoms with van der Waals surface area (Å²) in [5.41, 5.74) is -1.88. The predicted molar refractivity (Wildman–Crippen MR) is 112 cm³/mol. The zero-order chi connectivity index (χ0) is 22.7. The van der Waals surface area contributed by atoms with E-state index in [0.717, 1.165) is 5.56 Å². The van der Waals surface area contributed by atoms with Gasteiger partial charge in [0.15, 0.2) is 0 Å². The van der Waals surface area contributed by atoms with Crippen molar-refractivity contribution in [1.82, 2.24) is 10.2 Å². The van der Waals surface area contributed by atoms with Crippen LogP contribution in [0.3, 0.4) is 0 Å². The van der Waals surface area contributed by atoms with Crippen molar-refractivity contribution < 1.29 is 28.5 Å². The lowest BCUT2D eigenvalue weighted by Crippen LogP contribution is -2.37. The van der Waals surface area contributed by atoms with Gasteiger partial charge < -0.3 is 14.9 Å². The van der Waals surface area contributed by atoms with E-state index in [-0.39, 0.29) is 24.5 Å². The number of aliphatic hydroxyl groups is 2. The number of carbonyl (C=O) groups is 1. The summed E-state index contributed by atoms with van der Waals surface area (Å²) in [7, 11) is 0. The molecule has 0 radical (unpaired) electrons. The molecule has 1 aliphatic carbocycles. The molecule has 1 saturated carbocycles. The minimum Gasteiger partial charge on any atom is -0.420 e. The highest BCUT2D eigenvalue weighted by Gasteiger charge is 2.58. The van der Waals surface area contributed by atoms with E-state index < -0.39 is 23.2 Å². The molecule has 1 amide bonds. The Labute approximate surface area is 186 Å². The van der Waals surface area contributed by atoms with Crippen molar-refractivity contribution in [2.75, 3.05) is 4.90 Å². The number of nitrogens with one attached hydrogen (secondary N) is 1. The Bertz CT molecular complexity index is 1150. The number of nitrogens with zero attached hydrogens (tertiary/aromatic N) is 2. The summed E-state index contributed by atoms with van der Waals surface area (Å²) in [6.45, 7) is 0. The molecule has 0 bridgehead atoms. The van der Waals surface area contributed by atoms with Gasteiger partial charge in [0.25, 0.3) is 0 Å². The number of H-pyrrole nitrogens is 1. The number of aliphatic hydroxyl groups excluding tert-OH is 2. The van der Waals surface area contributed by atoms with Crippen LogP contribution in [0.15, 0.2) is 54.7 Å². The first-order chi connectivity index (χ1) is 15.2. The molecule has 10 heteroatoms. The van der Waals surface area contributed by atoms with E-state index in [1.807, 2.05) is 6.07 Å². The highest BCUT2D eigenvalue weighted by Crippen LogP contribution is 2.56. The fraction of sp³-hybridized carbons (Fsp3) is 0.273. The van der Waals surface area contributed by atoms with Gasteiger partial charge in [-0.05, 0) is 49.2 Å². The van der Waals surface area contributed by atoms with Crippen LogP contribution in [0.1, 0.15) is 18.4 Å². The average molecular weight is 462 g/mol. The number of halogens is 3. The third kappa shape index (κ3) is 3.24. The van der Waals surface area contributed by atoms with E-state index in [1.165, 1.54) is 29.2 Å². The summed E-state index contributed by atoms with van der Waals surface area (Å²) >= 11 is 4.82. The van der Waals surface area contributed by atoms with Gasteiger partial charge in [-0.2, -0.15) is 5.10 Å². The van der Waals surface area contributed by atoms with Crippen molar-refractivity contribution in [3.63, 3.8) is 0 Å². The number of benzene rings is 2. The highest BCUT2D eigenvalue weighted by molar-refractivity contribution is 6.20. The molecule has 2 aliphatic rings. The highest BCUT2D eigenvalue weighted by atomic mass is 35.5. The minimum atomic E-state index is -3.85. The number of carbonyl (C=O) groups excluding carboxylic acids is 1. The number of amides is 1. The van der Waals surface area contributed by atoms with E-state index in [1.54, 1.807) is 24.4 Å². The second-order valence-electron chi connectivity index (χ2n) is 7.98. The van der Waals surface area contributed by atoms with Gasteiger partial charge >= 0.3 is 5.57 Å². The minimum absolute atomic E-state index is 0.0569. The summed E-state index contributed by atoms with van der Waals surface area (Å²) < 4.78 is 30.2. The average Bonchev–Trinajstić information content (AvgIpc) is 3.42. The Morgan fingerprint density at radius 2 is 1.81 bits per heavy atom. The number of hydrogen-bond acceptors (Lipinski definition) is 5. The van der Waals surface area contributed by atoms with Crippen LogP contribution in [-0.4, -0.2) is 44.1 Å². The zero-order valence-electron chi connectivity index (χ0n) is 16.5. The van der Waals surface area contributed by atoms with Crippen molar-refractivity contribution in [3.05, 3.63) is 60.3 Å². The number of rotatable bonds is 4. The molecular formula is C22H18ClF2N3O4. The number of aromatic nitrogens is 2. The van der Waals surface area contributed by atoms with Crippen LogP contribution in [0.25, 0.3) is 11.3 Å². The standard InChI is InChI=1S/C22H18ClF2N3O4/c23-22(24,25)32-13-6-4-12(5-7-13)28-16-3-1-2-14(15-8-9-26-27-15)19(16)21(20(28)31)10-17(29)18(30)11-21/h1-9,17-18,29-30H,10-11H2,(H,26,27). The lowest BCUT2D eigenvalue weighted by atomic mass is 9.77. The molecule has 2 aromatic carbocycles. The maximum Gasteiger partial charge on any atom is 0.487 e. The van der Waals surface area contributed by atoms with Crippen molar-refractivity contribution in [2.24, 2.45) is 0 Å². The third-order valence-electron chi connectivity index (χ3n) is 6.05. The molecule has 1 spiro atoms. The second kappa shape index (κ2) is 7.26. The van der Waals surface area contributed by atoms with Gasteiger partial charge in [0.1, 0.15) is 5.75 Å². The predicted octanol–water partition coefficient (Wildman–Crippen LogP) is 3.68. The Morgan fingerprint density at radius 3 is 2.41 bits per heavy atom. The van der Waals surface area contributed by atoms with Crippen LogP contribution < -0.4 is 9.64 Å². The number of fused-ring (bicyclic) bond motifs is 2. The van der Waals surface area contributed by atoms with E-state index in [4.69, 9.17) is 11.6 Å². The van der Waals surface area contributed by atoms with Gasteiger partial charge in [-0.1, -0.05) is 12.1 Å². The van der Waals surface area contributed by atoms with Crippen LogP contribution in [0.4, 0.5) is 20.2 Å². The molecule has 32 heavy (non-hydrogen) atoms. The van der Waals surface area contributed by atoms with E-state index in [2.05, 4.69) is 14.9 Å². The number of ether oxygens (including phenoxy) is 1. The maximum absolute atomic E-state index is 13.8. The Balaban J connectivity index is 1.65. The topological polar surface area (TPSA) is 98.7 Å². The molecule has 2 heterocycles. The Kier molecular flexibility index (Phi) is 4.74. The largest absolute Gasteiger partial charge is 0.487 e. The van der Waals surface area contributed by atoms with Gasteiger partial charge in [0, 0.05) is 34.6 Å². The fourth-order valence-electron chi connectivity index (χ4n) is 4.79. The normalized spacial score (nSPS) is 24.9. The molecule has 0 saturated heterocycles. The smallest absolute Gasteiger partial charge is 0.420 e. The van der Waals surface area contributed by atoms with Gasteiger partial charge in [0.05, 0.1) is 29.0 Å². The van der Waals surface area contributed by atoms with E-state index >= 15 is 0 Å². The number of anilines is 2. The van der Waals surface area contributed by atoms with Crippen molar-refractivity contribution >= 4 is 28.9 Å². The van der Waals surface area contributed by atoms with Crippen molar-refractivity contribution in [3.8, 4) is 17.0 Å². The molecule has 1 aliphatic heterocycles. The summed E-state index contributed by atoms with van der Waals surface area (Å²) in [5, 5.41) is 27.6. The monoisotopic (exact) mass is 461 g/mol. The SMILES string of the molecule is O=C1N(c2ccc(OC(F)(F)Cl)cc2)c2cccc(-c3ccn[nH]3)c2C12CC(O)C(O)C2. The fourth-order valence-corrected chi connectivity index (χ4v) is 4.88. The lowest BCUT2D eigenvalue weighted by Gasteiger charge is -2.24. The van der Waals surface area contributed by atoms with Gasteiger partial charge in [-0.25, -0.2) is 0 Å². The first-order valence-electron chi connectivity index (χ1n) is 9.89. The summed E-state index contributed by atoms with van der Waals surface area (Å²) in [4.78, 5) is 15.3. The van der Waals surface area contributed by atoms with Crippen LogP contribution in [0, 0.1) is 0 Å². The molecule has 3 N–H and O–H groups in total. The van der Waals surface area contributed by atoms with Crippen LogP contribution >= 0.6 is 11.6 Å². The molecule has 3 aromatic rings. The van der Waals surface area contributed by atoms with Crippen LogP contribution in [0.5, 0.6) is 5.75 Å². The van der Waals surface area contributed by atoms with Gasteiger partial charge in [-0.15, -0.1) is 8.78 Å². The lowest BCUT2D eigenvalue weighted by molar-refractivity contribution is -0.122. The quantitative estimate of drug-likeness (QED) is 0.515. The van der Waals surface area contributed by atoms with Crippen LogP contribution in [0.2, 0.25) is 0 Å². The Morgan fingerprint density at radius 1 is 1.12 bits per heavy atom. The Hall–Kier alpha value is -3.01. The summed E-state index contributed by atoms with van der Waals surface area (Å²) in [5.74, 6) is -0.473. The number of alkyl halides is 3. The number of hydrogen-bond donors (Lipinski definition) is 3. The molecular weight excluding hydrogens is 444 g/mol. The van der Waals surface area contributed by atoms with Gasteiger partial charge in [-0.3, -0.25) is 14.8 Å². The molecule has 166 valence electrons. The maximum atomic E-state index is 13.8. The van der Waals surface area contributed by atoms with Crippen molar-refractivity contribution in [2.45, 2.75) is 36.0 Å². The first-order valence-corrected chi connectivity index (χ1v) is 10.3. The molecule has 5 rings (SSSR count). The summed E-state index contributed by atoms with van der Waals surface area (Å²) in [6.07, 6.45) is -0.394. The molecule has 1 aromatic heterocycles. The molecule has 2 atom stereocenters. The van der Waals surface area contributed by atoms with E-state index in [9.17, 15) is 23.8 Å². The third-order valence-corrected chi connectivity index (χ3v) is 6.13. The second-order valence-corrected chi connectivity index (χ2v) is 8.42. The molecule has 7 nitrogen and oxygen atoms in total. The summed E-state index contributed by atoms with van der Waals surface area (Å²) in [6, 6.07) is 12.7. The molecule has 1 fully saturated rings. The van der Waals surface area contributed by atoms with Crippen LogP contribution in [-0.2, 0) is 10.2 Å². The zero-order valence-corrected chi connectivity index (χ0v) is 17.3. The number of aromatic amines is 1. The van der Waals surface area contributed by atoms with Crippen molar-refractivity contribution in [1.29, 1.82) is 0 Å². The first kappa shape index (κ1) is 20.9.